The van der Waals surface area contributed by atoms with Gasteiger partial charge in [-0.2, -0.15) is 0 Å². The fourth-order valence-corrected chi connectivity index (χ4v) is 7.84. The highest BCUT2D eigenvalue weighted by Crippen LogP contribution is 2.45. The molecule has 0 saturated carbocycles. The lowest BCUT2D eigenvalue weighted by molar-refractivity contribution is 0.103. The number of aromatic nitrogens is 2. The van der Waals surface area contributed by atoms with Gasteiger partial charge in [0.25, 0.3) is 0 Å². The van der Waals surface area contributed by atoms with Gasteiger partial charge in [0.1, 0.15) is 11.0 Å². The molecule has 0 bridgehead atoms. The van der Waals surface area contributed by atoms with Gasteiger partial charge in [-0.1, -0.05) is 111 Å². The van der Waals surface area contributed by atoms with Crippen LogP contribution in [0.2, 0.25) is 15.2 Å². The van der Waals surface area contributed by atoms with Gasteiger partial charge in [-0.25, -0.2) is 9.97 Å². The van der Waals surface area contributed by atoms with Crippen molar-refractivity contribution in [3.05, 3.63) is 122 Å². The molecule has 2 aliphatic carbocycles. The van der Waals surface area contributed by atoms with Gasteiger partial charge in [0.2, 0.25) is 0 Å². The highest BCUT2D eigenvalue weighted by Gasteiger charge is 2.33. The molecule has 57 heavy (non-hydrogen) atoms. The maximum Gasteiger partial charge on any atom is 0.195 e. The van der Waals surface area contributed by atoms with Gasteiger partial charge in [0.15, 0.2) is 11.6 Å². The summed E-state index contributed by atoms with van der Waals surface area (Å²) in [5.74, 6) is 0.746. The number of ketones is 2. The third-order valence-electron chi connectivity index (χ3n) is 10.1. The van der Waals surface area contributed by atoms with Crippen molar-refractivity contribution < 1.29 is 15.4 Å². The molecule has 0 spiro atoms. The van der Waals surface area contributed by atoms with Gasteiger partial charge in [-0.15, -0.1) is 0 Å². The highest BCUT2D eigenvalue weighted by molar-refractivity contribution is 6.39. The number of para-hydroxylation sites is 2. The first kappa shape index (κ1) is 42.1. The Bertz CT molecular complexity index is 2410. The molecule has 298 valence electrons. The quantitative estimate of drug-likeness (QED) is 0.131. The minimum absolute atomic E-state index is 0.0212. The fourth-order valence-electron chi connectivity index (χ4n) is 7.21. The van der Waals surface area contributed by atoms with Crippen LogP contribution in [0, 0.1) is 0 Å². The maximum atomic E-state index is 13.2. The number of carbonyl (C=O) groups is 2. The van der Waals surface area contributed by atoms with Gasteiger partial charge in [0.05, 0.1) is 19.6 Å². The lowest BCUT2D eigenvalue weighted by Crippen LogP contribution is -2.28. The number of likely N-dealkylation sites (N-methyl/N-ethyl adjacent to an activating group) is 2. The number of rotatable bonds is 10. The number of pyridine rings is 2. The number of hydrogen-bond acceptors (Lipinski definition) is 8. The topological polar surface area (TPSA) is 104 Å². The number of alkyl halides is 1. The molecular weight excluding hydrogens is 782 g/mol. The number of nitrogens with two attached hydrogens (primary N) is 1. The third-order valence-corrected chi connectivity index (χ3v) is 10.9. The summed E-state index contributed by atoms with van der Waals surface area (Å²) in [5.41, 5.74) is 12.8. The number of benzene rings is 4. The van der Waals surface area contributed by atoms with Crippen molar-refractivity contribution in [1.29, 1.82) is 0 Å². The monoisotopic (exact) mass is 829 g/mol. The molecule has 0 radical (unpaired) electrons. The molecule has 0 saturated heterocycles. The standard InChI is InChI=1S/C22H22ClN3O.C16H7Cl2NO.C6H16N2.CH3F/c1-3-26(4-2)12-11-24-22-20-15-10-9-14(23)13-17(15)21(27)19(20)16-7-5-6-8-18(16)25-22;17-8-5-6-9-11(7-8)15(20)13-10-3-1-2-4-12(10)19-16(18)14(9)13;1-3-8(4-2)6-5-7;1-2/h5-10,13H,3-4,11-12H2,1-2H3,(H,24,25);1-7H;3-7H2,1-2H3;1H3/i;;;1D. The summed E-state index contributed by atoms with van der Waals surface area (Å²) in [6.45, 7) is 16.4. The van der Waals surface area contributed by atoms with Gasteiger partial charge in [-0.3, -0.25) is 14.0 Å². The van der Waals surface area contributed by atoms with Crippen LogP contribution in [0.3, 0.4) is 0 Å². The molecule has 3 N–H and O–H groups in total. The SMILES string of the molecule is CCN(CC)CCN.CCN(CC)CCNc1nc2ccccc2c2c1-c1ccc(Cl)cc1C2=O.O=C1c2cc(Cl)ccc2-c2c(Cl)nc3ccccc3c21.[2H]CF. The summed E-state index contributed by atoms with van der Waals surface area (Å²) in [6, 6.07) is 26.1. The fraction of sp³-hybridized carbons (Fsp3) is 0.289. The van der Waals surface area contributed by atoms with Crippen LogP contribution in [0.1, 0.15) is 60.9 Å². The van der Waals surface area contributed by atoms with E-state index >= 15 is 0 Å². The predicted molar refractivity (Wildman–Crippen MR) is 236 cm³/mol. The molecule has 8 rings (SSSR count). The molecule has 2 aliphatic rings. The molecule has 0 aliphatic heterocycles. The van der Waals surface area contributed by atoms with E-state index < -0.39 is 7.15 Å². The van der Waals surface area contributed by atoms with E-state index in [2.05, 4.69) is 47.8 Å². The van der Waals surface area contributed by atoms with Crippen molar-refractivity contribution in [2.75, 3.05) is 64.8 Å². The van der Waals surface area contributed by atoms with Crippen molar-refractivity contribution in [3.63, 3.8) is 0 Å². The summed E-state index contributed by atoms with van der Waals surface area (Å²) < 4.78 is 15.5. The van der Waals surface area contributed by atoms with Crippen molar-refractivity contribution in [2.45, 2.75) is 27.7 Å². The Balaban J connectivity index is 0.000000181. The van der Waals surface area contributed by atoms with Crippen molar-refractivity contribution in [1.82, 2.24) is 19.8 Å². The van der Waals surface area contributed by atoms with Crippen molar-refractivity contribution in [2.24, 2.45) is 5.73 Å². The number of carbonyl (C=O) groups excluding carboxylic acids is 2. The molecule has 6 aromatic rings. The molecule has 0 amide bonds. The second-order valence-electron chi connectivity index (χ2n) is 13.2. The average molecular weight is 831 g/mol. The van der Waals surface area contributed by atoms with Crippen LogP contribution in [0.4, 0.5) is 10.2 Å². The minimum atomic E-state index is -1.00. The Morgan fingerprint density at radius 1 is 0.649 bits per heavy atom. The Hall–Kier alpha value is -4.48. The van der Waals surface area contributed by atoms with E-state index in [1.807, 2.05) is 66.7 Å². The van der Waals surface area contributed by atoms with E-state index in [0.717, 1.165) is 102 Å². The van der Waals surface area contributed by atoms with E-state index in [1.165, 1.54) is 0 Å². The largest absolute Gasteiger partial charge is 0.368 e. The number of anilines is 1. The van der Waals surface area contributed by atoms with Gasteiger partial charge >= 0.3 is 0 Å². The number of nitrogens with zero attached hydrogens (tertiary/aromatic N) is 4. The summed E-state index contributed by atoms with van der Waals surface area (Å²) >= 11 is 18.4. The second kappa shape index (κ2) is 20.3. The molecule has 2 aromatic heterocycles. The van der Waals surface area contributed by atoms with E-state index in [-0.39, 0.29) is 11.6 Å². The van der Waals surface area contributed by atoms with Crippen LogP contribution in [0.5, 0.6) is 0 Å². The number of hydrogen-bond donors (Lipinski definition) is 2. The molecular formula is C45H48Cl3FN6O2. The first-order valence-electron chi connectivity index (χ1n) is 19.7. The minimum Gasteiger partial charge on any atom is -0.368 e. The molecule has 0 unspecified atom stereocenters. The molecule has 0 fully saturated rings. The van der Waals surface area contributed by atoms with Crippen molar-refractivity contribution >= 4 is 74.0 Å². The zero-order chi connectivity index (χ0) is 41.9. The zero-order valence-electron chi connectivity index (χ0n) is 33.6. The molecule has 2 heterocycles. The lowest BCUT2D eigenvalue weighted by atomic mass is 10.0. The summed E-state index contributed by atoms with van der Waals surface area (Å²) in [6.07, 6.45) is 0. The Morgan fingerprint density at radius 2 is 1.11 bits per heavy atom. The first-order chi connectivity index (χ1) is 28.1. The molecule has 12 heteroatoms. The number of halogens is 4. The van der Waals surface area contributed by atoms with Gasteiger partial charge < -0.3 is 20.9 Å². The second-order valence-corrected chi connectivity index (χ2v) is 14.4. The van der Waals surface area contributed by atoms with Gasteiger partial charge in [-0.05, 0) is 73.7 Å². The van der Waals surface area contributed by atoms with E-state index in [1.54, 1.807) is 18.2 Å². The number of fused-ring (bicyclic) bond motifs is 10. The van der Waals surface area contributed by atoms with Crippen LogP contribution in [0.25, 0.3) is 44.1 Å². The van der Waals surface area contributed by atoms with Gasteiger partial charge in [0, 0.05) is 80.4 Å². The normalized spacial score (nSPS) is 12.2. The van der Waals surface area contributed by atoms with Crippen LogP contribution < -0.4 is 11.1 Å². The lowest BCUT2D eigenvalue weighted by Gasteiger charge is -2.19. The molecule has 4 aromatic carbocycles. The maximum absolute atomic E-state index is 13.2. The van der Waals surface area contributed by atoms with Crippen LogP contribution in [-0.4, -0.2) is 90.8 Å². The molecule has 0 atom stereocenters. The Kier molecular flexibility index (Phi) is 15.0. The molecule has 8 nitrogen and oxygen atoms in total. The first-order valence-corrected chi connectivity index (χ1v) is 20.1. The Labute approximate surface area is 350 Å². The Morgan fingerprint density at radius 3 is 1.60 bits per heavy atom. The number of nitrogens with one attached hydrogen (secondary N) is 1. The summed E-state index contributed by atoms with van der Waals surface area (Å²) in [7, 11) is -1.00. The smallest absolute Gasteiger partial charge is 0.195 e. The van der Waals surface area contributed by atoms with E-state index in [9.17, 15) is 14.0 Å². The predicted octanol–water partition coefficient (Wildman–Crippen LogP) is 10.5. The third kappa shape index (κ3) is 9.31. The van der Waals surface area contributed by atoms with Crippen LogP contribution >= 0.6 is 34.8 Å². The summed E-state index contributed by atoms with van der Waals surface area (Å²) in [4.78, 5) is 39.7. The van der Waals surface area contributed by atoms with E-state index in [4.69, 9.17) is 46.9 Å². The highest BCUT2D eigenvalue weighted by atomic mass is 35.5. The van der Waals surface area contributed by atoms with E-state index in [0.29, 0.717) is 37.5 Å². The van der Waals surface area contributed by atoms with Crippen molar-refractivity contribution in [3.8, 4) is 22.3 Å². The summed E-state index contributed by atoms with van der Waals surface area (Å²) in [5, 5.41) is 6.65. The zero-order valence-corrected chi connectivity index (χ0v) is 34.9. The van der Waals surface area contributed by atoms with Crippen LogP contribution in [0.15, 0.2) is 84.9 Å². The van der Waals surface area contributed by atoms with Crippen LogP contribution in [-0.2, 0) is 0 Å². The average Bonchev–Trinajstić information content (AvgIpc) is 3.69.